The van der Waals surface area contributed by atoms with Crippen LogP contribution in [0.5, 0.6) is 0 Å². The van der Waals surface area contributed by atoms with Crippen LogP contribution < -0.4 is 5.11 Å². The van der Waals surface area contributed by atoms with E-state index in [0.29, 0.717) is 17.4 Å². The first kappa shape index (κ1) is 60.2. The monoisotopic (exact) mass is 888 g/mol. The molecule has 63 heavy (non-hydrogen) atoms. The molecule has 9 heteroatoms. The van der Waals surface area contributed by atoms with E-state index in [1.54, 1.807) is 0 Å². The predicted octanol–water partition coefficient (Wildman–Crippen LogP) is 13.0. The average molecular weight is 888 g/mol. The van der Waals surface area contributed by atoms with Crippen molar-refractivity contribution >= 4 is 17.9 Å². The van der Waals surface area contributed by atoms with Gasteiger partial charge < -0.3 is 33.3 Å². The van der Waals surface area contributed by atoms with E-state index in [-0.39, 0.29) is 38.6 Å². The second-order valence-corrected chi connectivity index (χ2v) is 18.4. The Hall–Kier alpha value is -2.75. The number of ether oxygens (including phenoxy) is 4. The van der Waals surface area contributed by atoms with Gasteiger partial charge in [0.2, 0.25) is 0 Å². The fourth-order valence-corrected chi connectivity index (χ4v) is 7.07. The van der Waals surface area contributed by atoms with Crippen molar-refractivity contribution in [3.8, 4) is 0 Å². The minimum atomic E-state index is -1.63. The second-order valence-electron chi connectivity index (χ2n) is 18.4. The third-order valence-electron chi connectivity index (χ3n) is 11.1. The van der Waals surface area contributed by atoms with Crippen LogP contribution in [0.4, 0.5) is 0 Å². The molecule has 9 nitrogen and oxygen atoms in total. The molecule has 0 saturated heterocycles. The number of likely N-dealkylation sites (N-methyl/N-ethyl adjacent to an activating group) is 1. The van der Waals surface area contributed by atoms with Gasteiger partial charge in [0.1, 0.15) is 13.2 Å². The number of carboxylic acids is 1. The number of nitrogens with zero attached hydrogens (tertiary/aromatic N) is 1. The Kier molecular flexibility index (Phi) is 43.8. The summed E-state index contributed by atoms with van der Waals surface area (Å²) in [6.07, 6.45) is 51.5. The van der Waals surface area contributed by atoms with Crippen LogP contribution in [0.2, 0.25) is 0 Å². The van der Waals surface area contributed by atoms with Crippen LogP contribution in [0.3, 0.4) is 0 Å². The fraction of sp³-hybridized carbons (Fsp3) is 0.796. The Morgan fingerprint density at radius 2 is 0.905 bits per heavy atom. The van der Waals surface area contributed by atoms with E-state index in [1.165, 1.54) is 116 Å². The van der Waals surface area contributed by atoms with Crippen molar-refractivity contribution in [2.75, 3.05) is 47.5 Å². The van der Waals surface area contributed by atoms with Gasteiger partial charge in [0.25, 0.3) is 0 Å². The highest BCUT2D eigenvalue weighted by molar-refractivity contribution is 5.70. The highest BCUT2D eigenvalue weighted by Crippen LogP contribution is 2.15. The highest BCUT2D eigenvalue weighted by Gasteiger charge is 2.22. The Labute approximate surface area is 387 Å². The summed E-state index contributed by atoms with van der Waals surface area (Å²) in [7, 11) is 5.91. The number of carbonyl (C=O) groups excluding carboxylic acids is 3. The maximum atomic E-state index is 12.8. The van der Waals surface area contributed by atoms with Crippen LogP contribution in [-0.2, 0) is 33.3 Å². The summed E-state index contributed by atoms with van der Waals surface area (Å²) in [5.74, 6) is -2.31. The molecule has 0 aromatic carbocycles. The molecular weight excluding hydrogens is 791 g/mol. The summed E-state index contributed by atoms with van der Waals surface area (Å²) in [5.41, 5.74) is 0. The Bertz CT molecular complexity index is 1170. The molecule has 0 aromatic rings. The normalized spacial score (nSPS) is 13.2. The summed E-state index contributed by atoms with van der Waals surface area (Å²) in [6.45, 7) is 4.62. The Morgan fingerprint density at radius 1 is 0.492 bits per heavy atom. The van der Waals surface area contributed by atoms with E-state index < -0.39 is 24.3 Å². The predicted molar refractivity (Wildman–Crippen MR) is 260 cm³/mol. The van der Waals surface area contributed by atoms with Gasteiger partial charge in [-0.1, -0.05) is 184 Å². The zero-order valence-electron chi connectivity index (χ0n) is 41.4. The van der Waals surface area contributed by atoms with Crippen molar-refractivity contribution < 1.29 is 42.9 Å². The van der Waals surface area contributed by atoms with Crippen LogP contribution in [0.15, 0.2) is 48.6 Å². The van der Waals surface area contributed by atoms with Gasteiger partial charge in [0.15, 0.2) is 12.4 Å². The second kappa shape index (κ2) is 45.8. The molecular formula is C54H97NO8. The van der Waals surface area contributed by atoms with Crippen molar-refractivity contribution in [2.24, 2.45) is 0 Å². The molecule has 0 heterocycles. The molecule has 2 unspecified atom stereocenters. The number of rotatable bonds is 47. The van der Waals surface area contributed by atoms with E-state index in [9.17, 15) is 19.5 Å². The SMILES string of the molecule is CC/C=C\C/C=C\C/C=C\CCCCCCCC(=O)OC(COC(=O)CCCCCCCCCCCCC/C=C\CCCCCCCCCC)COC(OCC[N+](C)(C)C)C(=O)[O-]. The van der Waals surface area contributed by atoms with Gasteiger partial charge in [0.05, 0.1) is 40.3 Å². The van der Waals surface area contributed by atoms with E-state index >= 15 is 0 Å². The maximum absolute atomic E-state index is 12.8. The van der Waals surface area contributed by atoms with E-state index in [1.807, 2.05) is 21.1 Å². The number of carboxylic acid groups (broad SMARTS) is 1. The Morgan fingerprint density at radius 3 is 1.37 bits per heavy atom. The van der Waals surface area contributed by atoms with Gasteiger partial charge in [-0.15, -0.1) is 0 Å². The van der Waals surface area contributed by atoms with Gasteiger partial charge >= 0.3 is 11.9 Å². The summed E-state index contributed by atoms with van der Waals surface area (Å²) >= 11 is 0. The van der Waals surface area contributed by atoms with Gasteiger partial charge in [0, 0.05) is 12.8 Å². The average Bonchev–Trinajstić information content (AvgIpc) is 3.24. The zero-order valence-corrected chi connectivity index (χ0v) is 41.4. The van der Waals surface area contributed by atoms with Crippen LogP contribution in [0, 0.1) is 0 Å². The fourth-order valence-electron chi connectivity index (χ4n) is 7.07. The van der Waals surface area contributed by atoms with Crippen molar-refractivity contribution in [2.45, 2.75) is 232 Å². The van der Waals surface area contributed by atoms with Gasteiger partial charge in [-0.25, -0.2) is 0 Å². The standard InChI is InChI=1S/C54H97NO8/c1-6-8-10-12-14-16-18-20-22-23-24-25-26-27-28-29-31-32-34-36-38-40-42-44-51(56)61-48-50(49-62-54(53(58)59)60-47-46-55(3,4)5)63-52(57)45-43-41-39-37-35-33-30-21-19-17-15-13-11-9-7-2/h9,11,15,17,21,23-24,30,50,54H,6-8,10,12-14,16,18-20,22,25-29,31-49H2,1-5H3/b11-9-,17-15-,24-23-,30-21-. The maximum Gasteiger partial charge on any atom is 0.306 e. The minimum absolute atomic E-state index is 0.143. The van der Waals surface area contributed by atoms with E-state index in [4.69, 9.17) is 18.9 Å². The molecule has 0 aromatic heterocycles. The third kappa shape index (κ3) is 47.0. The smallest absolute Gasteiger partial charge is 0.306 e. The molecule has 0 aliphatic carbocycles. The number of aliphatic carboxylic acids is 1. The number of carbonyl (C=O) groups is 3. The largest absolute Gasteiger partial charge is 0.545 e. The quantitative estimate of drug-likeness (QED) is 0.0195. The number of quaternary nitrogens is 1. The zero-order chi connectivity index (χ0) is 46.3. The number of hydrogen-bond donors (Lipinski definition) is 0. The van der Waals surface area contributed by atoms with E-state index in [2.05, 4.69) is 62.5 Å². The first-order valence-electron chi connectivity index (χ1n) is 25.8. The van der Waals surface area contributed by atoms with Crippen molar-refractivity contribution in [3.63, 3.8) is 0 Å². The molecule has 0 aliphatic heterocycles. The van der Waals surface area contributed by atoms with Crippen molar-refractivity contribution in [1.82, 2.24) is 0 Å². The van der Waals surface area contributed by atoms with Crippen LogP contribution >= 0.6 is 0 Å². The molecule has 0 saturated carbocycles. The first-order valence-corrected chi connectivity index (χ1v) is 25.8. The molecule has 0 rings (SSSR count). The van der Waals surface area contributed by atoms with Crippen molar-refractivity contribution in [3.05, 3.63) is 48.6 Å². The van der Waals surface area contributed by atoms with Gasteiger partial charge in [-0.05, 0) is 70.6 Å². The number of allylic oxidation sites excluding steroid dienone is 8. The van der Waals surface area contributed by atoms with Crippen LogP contribution in [0.1, 0.15) is 219 Å². The lowest BCUT2D eigenvalue weighted by molar-refractivity contribution is -0.870. The summed E-state index contributed by atoms with van der Waals surface area (Å²) in [6, 6.07) is 0. The van der Waals surface area contributed by atoms with Crippen LogP contribution in [0.25, 0.3) is 0 Å². The molecule has 0 radical (unpaired) electrons. The Balaban J connectivity index is 4.29. The van der Waals surface area contributed by atoms with Crippen molar-refractivity contribution in [1.29, 1.82) is 0 Å². The molecule has 0 aliphatic rings. The van der Waals surface area contributed by atoms with E-state index in [0.717, 1.165) is 70.6 Å². The summed E-state index contributed by atoms with van der Waals surface area (Å²) < 4.78 is 22.6. The molecule has 0 bridgehead atoms. The summed E-state index contributed by atoms with van der Waals surface area (Å²) in [4.78, 5) is 37.1. The lowest BCUT2D eigenvalue weighted by Crippen LogP contribution is -2.44. The molecule has 0 N–H and O–H groups in total. The lowest BCUT2D eigenvalue weighted by atomic mass is 10.0. The highest BCUT2D eigenvalue weighted by atomic mass is 16.7. The topological polar surface area (TPSA) is 111 Å². The summed E-state index contributed by atoms with van der Waals surface area (Å²) in [5, 5.41) is 11.7. The first-order chi connectivity index (χ1) is 30.6. The third-order valence-corrected chi connectivity index (χ3v) is 11.1. The molecule has 0 amide bonds. The molecule has 0 spiro atoms. The minimum Gasteiger partial charge on any atom is -0.545 e. The van der Waals surface area contributed by atoms with Crippen LogP contribution in [-0.4, -0.2) is 82.3 Å². The molecule has 0 fully saturated rings. The molecule has 2 atom stereocenters. The molecule has 366 valence electrons. The number of unbranched alkanes of at least 4 members (excludes halogenated alkanes) is 24. The lowest BCUT2D eigenvalue weighted by Gasteiger charge is -2.26. The van der Waals surface area contributed by atoms with Gasteiger partial charge in [-0.3, -0.25) is 9.59 Å². The number of hydrogen-bond acceptors (Lipinski definition) is 8. The number of esters is 2. The van der Waals surface area contributed by atoms with Gasteiger partial charge in [-0.2, -0.15) is 0 Å².